The lowest BCUT2D eigenvalue weighted by Crippen LogP contribution is -2.41. The quantitative estimate of drug-likeness (QED) is 0.291. The van der Waals surface area contributed by atoms with Crippen LogP contribution in [0.5, 0.6) is 0 Å². The van der Waals surface area contributed by atoms with Crippen LogP contribution in [0.2, 0.25) is 0 Å². The molecule has 0 spiro atoms. The number of alkyl halides is 3. The van der Waals surface area contributed by atoms with Gasteiger partial charge in [-0.15, -0.1) is 34.2 Å². The summed E-state index contributed by atoms with van der Waals surface area (Å²) in [6, 6.07) is 4.65. The van der Waals surface area contributed by atoms with Crippen LogP contribution in [0.1, 0.15) is 36.8 Å². The van der Waals surface area contributed by atoms with E-state index in [0.717, 1.165) is 24.4 Å². The van der Waals surface area contributed by atoms with E-state index in [0.29, 0.717) is 24.6 Å². The number of nitrogens with one attached hydrogen (secondary N) is 2. The fourth-order valence-corrected chi connectivity index (χ4v) is 2.75. The highest BCUT2D eigenvalue weighted by Crippen LogP contribution is 2.30. The van der Waals surface area contributed by atoms with Gasteiger partial charge in [-0.2, -0.15) is 13.2 Å². The van der Waals surface area contributed by atoms with Gasteiger partial charge >= 0.3 is 6.18 Å². The maximum absolute atomic E-state index is 13.0. The maximum Gasteiger partial charge on any atom is 0.416 e. The Morgan fingerprint density at radius 1 is 1.31 bits per heavy atom. The van der Waals surface area contributed by atoms with E-state index in [1.165, 1.54) is 11.0 Å². The number of hydrogen-bond donors (Lipinski definition) is 2. The minimum atomic E-state index is -4.42. The molecule has 1 atom stereocenters. The van der Waals surface area contributed by atoms with Crippen molar-refractivity contribution in [1.29, 1.82) is 0 Å². The zero-order valence-corrected chi connectivity index (χ0v) is 20.8. The van der Waals surface area contributed by atoms with Crippen molar-refractivity contribution in [1.82, 2.24) is 30.3 Å². The molecule has 1 aromatic carbocycles. The first-order chi connectivity index (χ1) is 14.6. The molecule has 1 heterocycles. The summed E-state index contributed by atoms with van der Waals surface area (Å²) in [6.45, 7) is 4.64. The van der Waals surface area contributed by atoms with E-state index in [2.05, 4.69) is 25.8 Å². The summed E-state index contributed by atoms with van der Waals surface area (Å²) >= 11 is 0. The van der Waals surface area contributed by atoms with Gasteiger partial charge in [-0.1, -0.05) is 19.1 Å². The van der Waals surface area contributed by atoms with E-state index in [1.54, 1.807) is 33.4 Å². The summed E-state index contributed by atoms with van der Waals surface area (Å²) in [6.07, 6.45) is -2.05. The predicted octanol–water partition coefficient (Wildman–Crippen LogP) is 2.86. The van der Waals surface area contributed by atoms with Gasteiger partial charge in [-0.05, 0) is 24.6 Å². The fourth-order valence-electron chi connectivity index (χ4n) is 2.75. The van der Waals surface area contributed by atoms with Crippen molar-refractivity contribution in [2.45, 2.75) is 39.0 Å². The number of amides is 1. The third-order valence-corrected chi connectivity index (χ3v) is 4.60. The van der Waals surface area contributed by atoms with Crippen molar-refractivity contribution in [2.75, 3.05) is 27.2 Å². The molecule has 1 amide bonds. The molecule has 2 rings (SSSR count). The largest absolute Gasteiger partial charge is 0.416 e. The van der Waals surface area contributed by atoms with E-state index in [1.807, 2.05) is 11.5 Å². The Balaban J connectivity index is 0.00000512. The van der Waals surface area contributed by atoms with E-state index in [9.17, 15) is 18.0 Å². The molecule has 0 saturated carbocycles. The summed E-state index contributed by atoms with van der Waals surface area (Å²) in [4.78, 5) is 17.6. The second-order valence-electron chi connectivity index (χ2n) is 7.16. The number of aryl methyl sites for hydroxylation is 1. The van der Waals surface area contributed by atoms with Crippen molar-refractivity contribution in [3.8, 4) is 0 Å². The first kappa shape index (κ1) is 27.7. The summed E-state index contributed by atoms with van der Waals surface area (Å²) in [5, 5.41) is 14.1. The van der Waals surface area contributed by atoms with Crippen molar-refractivity contribution in [3.05, 3.63) is 47.5 Å². The Morgan fingerprint density at radius 2 is 2.03 bits per heavy atom. The molecule has 0 fully saturated rings. The molecule has 2 aromatic rings. The number of rotatable bonds is 8. The molecule has 1 aromatic heterocycles. The number of likely N-dealkylation sites (N-methyl/N-ethyl adjacent to an activating group) is 1. The molecule has 178 valence electrons. The zero-order valence-electron chi connectivity index (χ0n) is 18.5. The van der Waals surface area contributed by atoms with Crippen LogP contribution in [-0.2, 0) is 23.9 Å². The summed E-state index contributed by atoms with van der Waals surface area (Å²) < 4.78 is 41.0. The van der Waals surface area contributed by atoms with Gasteiger partial charge in [0.2, 0.25) is 5.91 Å². The molecule has 8 nitrogen and oxygen atoms in total. The molecule has 1 unspecified atom stereocenters. The molecule has 32 heavy (non-hydrogen) atoms. The molecule has 0 aliphatic rings. The second kappa shape index (κ2) is 12.6. The van der Waals surface area contributed by atoms with E-state index < -0.39 is 17.8 Å². The zero-order chi connectivity index (χ0) is 23.0. The lowest BCUT2D eigenvalue weighted by molar-refractivity contribution is -0.137. The third-order valence-electron chi connectivity index (χ3n) is 4.60. The number of carbonyl (C=O) groups is 1. The number of carbonyl (C=O) groups excluding carboxylic acids is 1. The van der Waals surface area contributed by atoms with Crippen LogP contribution in [-0.4, -0.2) is 58.7 Å². The summed E-state index contributed by atoms with van der Waals surface area (Å²) in [5.74, 6) is 0.972. The number of halogens is 4. The summed E-state index contributed by atoms with van der Waals surface area (Å²) in [7, 11) is 3.25. The monoisotopic (exact) mass is 567 g/mol. The predicted molar refractivity (Wildman–Crippen MR) is 127 cm³/mol. The van der Waals surface area contributed by atoms with Gasteiger partial charge in [0.05, 0.1) is 11.6 Å². The molecule has 2 N–H and O–H groups in total. The number of aromatic nitrogens is 3. The van der Waals surface area contributed by atoms with Crippen LogP contribution in [0.25, 0.3) is 0 Å². The SMILES string of the molecule is CCc1nncn1CCNC(=NCC(=O)N(C)C)NC(C)c1cccc(C(F)(F)F)c1.I. The van der Waals surface area contributed by atoms with E-state index in [4.69, 9.17) is 0 Å². The minimum absolute atomic E-state index is 0. The number of aliphatic imine (C=N–C) groups is 1. The van der Waals surface area contributed by atoms with Crippen LogP contribution in [0.15, 0.2) is 35.6 Å². The van der Waals surface area contributed by atoms with Gasteiger partial charge in [0.15, 0.2) is 5.96 Å². The molecule has 0 aliphatic heterocycles. The molecular formula is C20H29F3IN7O. The Labute approximate surface area is 202 Å². The molecule has 0 saturated heterocycles. The van der Waals surface area contributed by atoms with Gasteiger partial charge in [0.1, 0.15) is 18.7 Å². The molecular weight excluding hydrogens is 538 g/mol. The highest BCUT2D eigenvalue weighted by molar-refractivity contribution is 14.0. The van der Waals surface area contributed by atoms with Crippen LogP contribution < -0.4 is 10.6 Å². The normalized spacial score (nSPS) is 12.7. The number of guanidine groups is 1. The number of hydrogen-bond acceptors (Lipinski definition) is 4. The first-order valence-electron chi connectivity index (χ1n) is 9.90. The minimum Gasteiger partial charge on any atom is -0.355 e. The van der Waals surface area contributed by atoms with Gasteiger partial charge in [0, 0.05) is 33.6 Å². The summed E-state index contributed by atoms with van der Waals surface area (Å²) in [5.41, 5.74) is -0.261. The van der Waals surface area contributed by atoms with Crippen molar-refractivity contribution in [3.63, 3.8) is 0 Å². The van der Waals surface area contributed by atoms with Crippen LogP contribution in [0.4, 0.5) is 13.2 Å². The van der Waals surface area contributed by atoms with Crippen molar-refractivity contribution < 1.29 is 18.0 Å². The second-order valence-corrected chi connectivity index (χ2v) is 7.16. The average molecular weight is 567 g/mol. The molecule has 0 bridgehead atoms. The van der Waals surface area contributed by atoms with E-state index >= 15 is 0 Å². The fraction of sp³-hybridized carbons (Fsp3) is 0.500. The van der Waals surface area contributed by atoms with Crippen LogP contribution >= 0.6 is 24.0 Å². The van der Waals surface area contributed by atoms with Gasteiger partial charge in [-0.3, -0.25) is 4.79 Å². The maximum atomic E-state index is 13.0. The highest BCUT2D eigenvalue weighted by atomic mass is 127. The lowest BCUT2D eigenvalue weighted by Gasteiger charge is -2.20. The average Bonchev–Trinajstić information content (AvgIpc) is 3.18. The number of benzene rings is 1. The van der Waals surface area contributed by atoms with Gasteiger partial charge < -0.3 is 20.1 Å². The molecule has 0 radical (unpaired) electrons. The first-order valence-corrected chi connectivity index (χ1v) is 9.90. The smallest absolute Gasteiger partial charge is 0.355 e. The highest BCUT2D eigenvalue weighted by Gasteiger charge is 2.30. The van der Waals surface area contributed by atoms with E-state index in [-0.39, 0.29) is 36.4 Å². The van der Waals surface area contributed by atoms with Crippen LogP contribution in [0.3, 0.4) is 0 Å². The third kappa shape index (κ3) is 8.28. The molecule has 0 aliphatic carbocycles. The Kier molecular flexibility index (Phi) is 10.9. The number of nitrogens with zero attached hydrogens (tertiary/aromatic N) is 5. The van der Waals surface area contributed by atoms with Crippen LogP contribution in [0, 0.1) is 0 Å². The lowest BCUT2D eigenvalue weighted by atomic mass is 10.1. The van der Waals surface area contributed by atoms with Gasteiger partial charge in [-0.25, -0.2) is 4.99 Å². The molecule has 12 heteroatoms. The van der Waals surface area contributed by atoms with Gasteiger partial charge in [0.25, 0.3) is 0 Å². The Hall–Kier alpha value is -2.38. The Morgan fingerprint density at radius 3 is 2.66 bits per heavy atom. The standard InChI is InChI=1S/C20H28F3N7O.HI/c1-5-17-28-26-13-30(17)10-9-24-19(25-12-18(31)29(3)4)27-14(2)15-7-6-8-16(11-15)20(21,22)23;/h6-8,11,13-14H,5,9-10,12H2,1-4H3,(H2,24,25,27);1H. The topological polar surface area (TPSA) is 87.4 Å². The van der Waals surface area contributed by atoms with Crippen molar-refractivity contribution in [2.24, 2.45) is 4.99 Å². The Bertz CT molecular complexity index is 899. The van der Waals surface area contributed by atoms with Crippen molar-refractivity contribution >= 4 is 35.8 Å².